The van der Waals surface area contributed by atoms with Gasteiger partial charge in [0.05, 0.1) is 11.5 Å². The van der Waals surface area contributed by atoms with Gasteiger partial charge in [0.1, 0.15) is 0 Å². The summed E-state index contributed by atoms with van der Waals surface area (Å²) >= 11 is 0. The van der Waals surface area contributed by atoms with E-state index in [-0.39, 0.29) is 23.8 Å². The molecule has 0 bridgehead atoms. The minimum absolute atomic E-state index is 0.157. The van der Waals surface area contributed by atoms with E-state index in [9.17, 15) is 18.0 Å². The summed E-state index contributed by atoms with van der Waals surface area (Å²) in [4.78, 5) is 23.0. The molecular weight excluding hydrogens is 358 g/mol. The fourth-order valence-corrected chi connectivity index (χ4v) is 4.21. The average Bonchev–Trinajstić information content (AvgIpc) is 2.66. The van der Waals surface area contributed by atoms with Gasteiger partial charge >= 0.3 is 6.09 Å². The number of hydrogen-bond donors (Lipinski definition) is 2. The van der Waals surface area contributed by atoms with Crippen molar-refractivity contribution >= 4 is 22.0 Å². The number of aryl methyl sites for hydroxylation is 1. The molecule has 1 saturated heterocycles. The Labute approximate surface area is 153 Å². The van der Waals surface area contributed by atoms with E-state index in [0.717, 1.165) is 24.8 Å². The Morgan fingerprint density at radius 2 is 1.73 bits per heavy atom. The van der Waals surface area contributed by atoms with Crippen LogP contribution in [0.4, 0.5) is 4.79 Å². The molecule has 1 aromatic rings. The third-order valence-corrected chi connectivity index (χ3v) is 6.01. The topological polar surface area (TPSA) is 105 Å². The van der Waals surface area contributed by atoms with Crippen molar-refractivity contribution in [2.75, 3.05) is 19.7 Å². The molecule has 0 spiro atoms. The van der Waals surface area contributed by atoms with E-state index in [4.69, 9.17) is 0 Å². The molecule has 9 heteroatoms. The molecule has 0 saturated carbocycles. The molecule has 144 valence electrons. The standard InChI is InChI=1S/C17H25N3O5S/c1-2-25-17(22)19-18-16(21)11-8-14-6-9-15(10-7-14)26(23,24)20-12-4-3-5-13-20/h6-7,9-10H,2-5,8,11-13H2,1H3,(H,18,21)(H,19,22). The van der Waals surface area contributed by atoms with E-state index in [1.807, 2.05) is 0 Å². The first-order valence-corrected chi connectivity index (χ1v) is 10.2. The van der Waals surface area contributed by atoms with Gasteiger partial charge in [-0.2, -0.15) is 4.31 Å². The van der Waals surface area contributed by atoms with Crippen molar-refractivity contribution < 1.29 is 22.7 Å². The first-order valence-electron chi connectivity index (χ1n) is 8.74. The normalized spacial score (nSPS) is 15.3. The van der Waals surface area contributed by atoms with Crippen LogP contribution in [-0.4, -0.2) is 44.4 Å². The lowest BCUT2D eigenvalue weighted by Crippen LogP contribution is -2.42. The van der Waals surface area contributed by atoms with E-state index in [1.54, 1.807) is 31.2 Å². The quantitative estimate of drug-likeness (QED) is 0.726. The minimum Gasteiger partial charge on any atom is -0.449 e. The number of hydrogen-bond acceptors (Lipinski definition) is 5. The lowest BCUT2D eigenvalue weighted by atomic mass is 10.1. The highest BCUT2D eigenvalue weighted by Crippen LogP contribution is 2.21. The fourth-order valence-electron chi connectivity index (χ4n) is 2.69. The molecule has 1 aliphatic heterocycles. The SMILES string of the molecule is CCOC(=O)NNC(=O)CCc1ccc(S(=O)(=O)N2CCCCC2)cc1. The molecule has 2 N–H and O–H groups in total. The zero-order valence-corrected chi connectivity index (χ0v) is 15.7. The lowest BCUT2D eigenvalue weighted by molar-refractivity contribution is -0.121. The summed E-state index contributed by atoms with van der Waals surface area (Å²) in [6.07, 6.45) is 2.73. The number of carbonyl (C=O) groups is 2. The van der Waals surface area contributed by atoms with Gasteiger partial charge in [-0.05, 0) is 43.9 Å². The molecule has 26 heavy (non-hydrogen) atoms. The second-order valence-electron chi connectivity index (χ2n) is 6.00. The van der Waals surface area contributed by atoms with Crippen molar-refractivity contribution in [2.24, 2.45) is 0 Å². The zero-order chi connectivity index (χ0) is 19.0. The van der Waals surface area contributed by atoms with E-state index < -0.39 is 16.1 Å². The van der Waals surface area contributed by atoms with Crippen LogP contribution in [-0.2, 0) is 26.0 Å². The number of sulfonamides is 1. The zero-order valence-electron chi connectivity index (χ0n) is 14.9. The number of benzene rings is 1. The van der Waals surface area contributed by atoms with Crippen molar-refractivity contribution in [3.05, 3.63) is 29.8 Å². The maximum atomic E-state index is 12.6. The van der Waals surface area contributed by atoms with Crippen molar-refractivity contribution in [1.82, 2.24) is 15.2 Å². The predicted octanol–water partition coefficient (Wildman–Crippen LogP) is 1.57. The largest absolute Gasteiger partial charge is 0.449 e. The van der Waals surface area contributed by atoms with Gasteiger partial charge in [-0.3, -0.25) is 10.2 Å². The Balaban J connectivity index is 1.85. The van der Waals surface area contributed by atoms with Crippen LogP contribution >= 0.6 is 0 Å². The monoisotopic (exact) mass is 383 g/mol. The first-order chi connectivity index (χ1) is 12.4. The van der Waals surface area contributed by atoms with Crippen LogP contribution in [0.3, 0.4) is 0 Å². The molecule has 0 aliphatic carbocycles. The number of rotatable bonds is 6. The van der Waals surface area contributed by atoms with Crippen molar-refractivity contribution in [3.8, 4) is 0 Å². The number of nitrogens with zero attached hydrogens (tertiary/aromatic N) is 1. The van der Waals surface area contributed by atoms with Gasteiger partial charge in [0.2, 0.25) is 15.9 Å². The molecule has 0 radical (unpaired) electrons. The Kier molecular flexibility index (Phi) is 7.40. The summed E-state index contributed by atoms with van der Waals surface area (Å²) < 4.78 is 31.3. The third kappa shape index (κ3) is 5.70. The van der Waals surface area contributed by atoms with E-state index in [1.165, 1.54) is 4.31 Å². The average molecular weight is 383 g/mol. The number of amides is 2. The molecule has 0 unspecified atom stereocenters. The van der Waals surface area contributed by atoms with Gasteiger partial charge in [-0.15, -0.1) is 0 Å². The fraction of sp³-hybridized carbons (Fsp3) is 0.529. The Morgan fingerprint density at radius 3 is 2.35 bits per heavy atom. The van der Waals surface area contributed by atoms with Crippen LogP contribution in [0.5, 0.6) is 0 Å². The van der Waals surface area contributed by atoms with E-state index in [0.29, 0.717) is 19.5 Å². The molecule has 1 aliphatic rings. The van der Waals surface area contributed by atoms with Gasteiger partial charge in [-0.1, -0.05) is 18.6 Å². The number of hydrazine groups is 1. The van der Waals surface area contributed by atoms with Crippen LogP contribution in [0.2, 0.25) is 0 Å². The maximum Gasteiger partial charge on any atom is 0.426 e. The minimum atomic E-state index is -3.44. The second kappa shape index (κ2) is 9.54. The molecule has 8 nitrogen and oxygen atoms in total. The number of carbonyl (C=O) groups excluding carboxylic acids is 2. The molecule has 1 fully saturated rings. The highest BCUT2D eigenvalue weighted by Gasteiger charge is 2.25. The van der Waals surface area contributed by atoms with Crippen molar-refractivity contribution in [3.63, 3.8) is 0 Å². The molecule has 1 heterocycles. The molecular formula is C17H25N3O5S. The van der Waals surface area contributed by atoms with Gasteiger partial charge < -0.3 is 4.74 Å². The number of ether oxygens (including phenoxy) is 1. The third-order valence-electron chi connectivity index (χ3n) is 4.10. The molecule has 2 rings (SSSR count). The van der Waals surface area contributed by atoms with Crippen LogP contribution in [0, 0.1) is 0 Å². The van der Waals surface area contributed by atoms with E-state index >= 15 is 0 Å². The highest BCUT2D eigenvalue weighted by atomic mass is 32.2. The summed E-state index contributed by atoms with van der Waals surface area (Å²) in [6.45, 7) is 3.01. The van der Waals surface area contributed by atoms with Crippen LogP contribution in [0.15, 0.2) is 29.2 Å². The molecule has 1 aromatic carbocycles. The maximum absolute atomic E-state index is 12.6. The smallest absolute Gasteiger partial charge is 0.426 e. The summed E-state index contributed by atoms with van der Waals surface area (Å²) in [5, 5.41) is 0. The first kappa shape index (κ1) is 20.2. The van der Waals surface area contributed by atoms with Gasteiger partial charge in [0.25, 0.3) is 0 Å². The molecule has 0 atom stereocenters. The van der Waals surface area contributed by atoms with Gasteiger partial charge in [-0.25, -0.2) is 18.6 Å². The lowest BCUT2D eigenvalue weighted by Gasteiger charge is -2.25. The van der Waals surface area contributed by atoms with E-state index in [2.05, 4.69) is 15.6 Å². The van der Waals surface area contributed by atoms with Gasteiger partial charge in [0, 0.05) is 19.5 Å². The van der Waals surface area contributed by atoms with Crippen molar-refractivity contribution in [2.45, 2.75) is 43.9 Å². The summed E-state index contributed by atoms with van der Waals surface area (Å²) in [5.41, 5.74) is 5.23. The molecule has 0 aromatic heterocycles. The van der Waals surface area contributed by atoms with Gasteiger partial charge in [0.15, 0.2) is 0 Å². The van der Waals surface area contributed by atoms with Crippen LogP contribution in [0.25, 0.3) is 0 Å². The Bertz CT molecular complexity index is 712. The molecule has 2 amide bonds. The van der Waals surface area contributed by atoms with Crippen LogP contribution < -0.4 is 10.9 Å². The summed E-state index contributed by atoms with van der Waals surface area (Å²) in [5.74, 6) is -0.358. The highest BCUT2D eigenvalue weighted by molar-refractivity contribution is 7.89. The number of piperidine rings is 1. The van der Waals surface area contributed by atoms with Crippen molar-refractivity contribution in [1.29, 1.82) is 0 Å². The Morgan fingerprint density at radius 1 is 1.08 bits per heavy atom. The number of nitrogens with one attached hydrogen (secondary N) is 2. The Hall–Kier alpha value is -2.13. The summed E-state index contributed by atoms with van der Waals surface area (Å²) in [6, 6.07) is 6.58. The predicted molar refractivity (Wildman–Crippen MR) is 95.7 cm³/mol. The second-order valence-corrected chi connectivity index (χ2v) is 7.94. The summed E-state index contributed by atoms with van der Waals surface area (Å²) in [7, 11) is -3.44. The van der Waals surface area contributed by atoms with Crippen LogP contribution in [0.1, 0.15) is 38.2 Å².